The predicted molar refractivity (Wildman–Crippen MR) is 97.9 cm³/mol. The number of hydrogen-bond acceptors (Lipinski definition) is 2. The second-order valence-corrected chi connectivity index (χ2v) is 7.01. The molecule has 0 saturated carbocycles. The van der Waals surface area contributed by atoms with Crippen LogP contribution in [-0.4, -0.2) is 40.2 Å². The maximum Gasteiger partial charge on any atom is 0.337 e. The summed E-state index contributed by atoms with van der Waals surface area (Å²) in [7, 11) is 0. The summed E-state index contributed by atoms with van der Waals surface area (Å²) >= 11 is 0. The molecule has 0 radical (unpaired) electrons. The van der Waals surface area contributed by atoms with Crippen molar-refractivity contribution in [3.8, 4) is 0 Å². The van der Waals surface area contributed by atoms with Crippen LogP contribution in [0, 0.1) is 6.92 Å². The largest absolute Gasteiger partial charge is 0.478 e. The number of unbranched alkanes of at least 4 members (excludes halogenated alkanes) is 1. The van der Waals surface area contributed by atoms with Crippen LogP contribution in [0.25, 0.3) is 10.9 Å². The summed E-state index contributed by atoms with van der Waals surface area (Å²) in [6, 6.07) is 3.96. The highest BCUT2D eigenvalue weighted by Gasteiger charge is 2.18. The maximum atomic E-state index is 11.7. The molecule has 1 aromatic carbocycles. The minimum absolute atomic E-state index is 0.438. The van der Waals surface area contributed by atoms with Gasteiger partial charge in [0, 0.05) is 24.7 Å². The van der Waals surface area contributed by atoms with Crippen LogP contribution in [0.1, 0.15) is 54.1 Å². The molecular formula is C20H28N2O2. The van der Waals surface area contributed by atoms with Gasteiger partial charge < -0.3 is 14.6 Å². The molecule has 4 nitrogen and oxygen atoms in total. The monoisotopic (exact) mass is 328 g/mol. The summed E-state index contributed by atoms with van der Waals surface area (Å²) in [4.78, 5) is 14.3. The first-order valence-corrected chi connectivity index (χ1v) is 9.18. The zero-order valence-electron chi connectivity index (χ0n) is 14.8. The fraction of sp³-hybridized carbons (Fsp3) is 0.550. The zero-order chi connectivity index (χ0) is 17.1. The summed E-state index contributed by atoms with van der Waals surface area (Å²) in [5, 5.41) is 10.8. The van der Waals surface area contributed by atoms with Crippen LogP contribution in [0.5, 0.6) is 0 Å². The number of benzene rings is 1. The lowest BCUT2D eigenvalue weighted by Gasteiger charge is -2.13. The quantitative estimate of drug-likeness (QED) is 0.833. The SMILES string of the molecule is CCCCn1cc(CCN2CCCC2)c2cc(C)cc(C(=O)O)c21. The van der Waals surface area contributed by atoms with Gasteiger partial charge in [-0.15, -0.1) is 0 Å². The van der Waals surface area contributed by atoms with Crippen LogP contribution in [0.4, 0.5) is 0 Å². The summed E-state index contributed by atoms with van der Waals surface area (Å²) in [6.45, 7) is 8.52. The number of aryl methyl sites for hydroxylation is 2. The van der Waals surface area contributed by atoms with Crippen molar-refractivity contribution in [3.05, 3.63) is 35.0 Å². The molecule has 0 aliphatic carbocycles. The van der Waals surface area contributed by atoms with Crippen LogP contribution >= 0.6 is 0 Å². The maximum absolute atomic E-state index is 11.7. The van der Waals surface area contributed by atoms with Crippen molar-refractivity contribution in [2.45, 2.75) is 52.5 Å². The Labute approximate surface area is 144 Å². The first-order chi connectivity index (χ1) is 11.6. The molecule has 1 aliphatic rings. The van der Waals surface area contributed by atoms with E-state index < -0.39 is 5.97 Å². The van der Waals surface area contributed by atoms with Crippen molar-refractivity contribution in [3.63, 3.8) is 0 Å². The van der Waals surface area contributed by atoms with Crippen molar-refractivity contribution in [2.75, 3.05) is 19.6 Å². The van der Waals surface area contributed by atoms with E-state index in [4.69, 9.17) is 0 Å². The number of hydrogen-bond donors (Lipinski definition) is 1. The van der Waals surface area contributed by atoms with Crippen molar-refractivity contribution < 1.29 is 9.90 Å². The third-order valence-corrected chi connectivity index (χ3v) is 5.08. The summed E-state index contributed by atoms with van der Waals surface area (Å²) in [6.07, 6.45) is 7.99. The molecule has 1 N–H and O–H groups in total. The van der Waals surface area contributed by atoms with Crippen LogP contribution in [0.15, 0.2) is 18.3 Å². The molecule has 3 rings (SSSR count). The number of rotatable bonds is 7. The molecule has 0 bridgehead atoms. The molecule has 1 aromatic heterocycles. The normalized spacial score (nSPS) is 15.4. The number of aromatic carboxylic acids is 1. The number of carboxylic acids is 1. The van der Waals surface area contributed by atoms with Crippen molar-refractivity contribution >= 4 is 16.9 Å². The topological polar surface area (TPSA) is 45.5 Å². The third-order valence-electron chi connectivity index (χ3n) is 5.08. The number of carboxylic acid groups (broad SMARTS) is 1. The Morgan fingerprint density at radius 3 is 2.62 bits per heavy atom. The lowest BCUT2D eigenvalue weighted by atomic mass is 10.0. The molecular weight excluding hydrogens is 300 g/mol. The first-order valence-electron chi connectivity index (χ1n) is 9.18. The fourth-order valence-electron chi connectivity index (χ4n) is 3.81. The molecule has 24 heavy (non-hydrogen) atoms. The molecule has 0 unspecified atom stereocenters. The van der Waals surface area contributed by atoms with E-state index in [1.807, 2.05) is 6.92 Å². The van der Waals surface area contributed by atoms with Gasteiger partial charge in [0.15, 0.2) is 0 Å². The van der Waals surface area contributed by atoms with Crippen LogP contribution < -0.4 is 0 Å². The minimum Gasteiger partial charge on any atom is -0.478 e. The Morgan fingerprint density at radius 2 is 1.96 bits per heavy atom. The van der Waals surface area contributed by atoms with Gasteiger partial charge >= 0.3 is 5.97 Å². The van der Waals surface area contributed by atoms with Crippen LogP contribution in [0.2, 0.25) is 0 Å². The van der Waals surface area contributed by atoms with Gasteiger partial charge in [-0.3, -0.25) is 0 Å². The lowest BCUT2D eigenvalue weighted by molar-refractivity contribution is 0.0698. The zero-order valence-corrected chi connectivity index (χ0v) is 14.8. The van der Waals surface area contributed by atoms with Gasteiger partial charge in [-0.05, 0) is 69.0 Å². The Hall–Kier alpha value is -1.81. The van der Waals surface area contributed by atoms with E-state index >= 15 is 0 Å². The number of aromatic nitrogens is 1. The van der Waals surface area contributed by atoms with E-state index in [2.05, 4.69) is 28.7 Å². The second-order valence-electron chi connectivity index (χ2n) is 7.01. The highest BCUT2D eigenvalue weighted by atomic mass is 16.4. The fourth-order valence-corrected chi connectivity index (χ4v) is 3.81. The van der Waals surface area contributed by atoms with Gasteiger partial charge in [0.05, 0.1) is 11.1 Å². The van der Waals surface area contributed by atoms with Gasteiger partial charge in [-0.2, -0.15) is 0 Å². The molecule has 2 heterocycles. The Bertz CT molecular complexity index is 727. The number of carbonyl (C=O) groups is 1. The average Bonchev–Trinajstić information content (AvgIpc) is 3.18. The van der Waals surface area contributed by atoms with E-state index in [-0.39, 0.29) is 0 Å². The minimum atomic E-state index is -0.828. The molecule has 4 heteroatoms. The van der Waals surface area contributed by atoms with E-state index in [0.717, 1.165) is 48.8 Å². The van der Waals surface area contributed by atoms with Gasteiger partial charge in [0.1, 0.15) is 0 Å². The Balaban J connectivity index is 1.99. The van der Waals surface area contributed by atoms with E-state index in [9.17, 15) is 9.90 Å². The van der Waals surface area contributed by atoms with Gasteiger partial charge in [-0.25, -0.2) is 4.79 Å². The molecule has 0 amide bonds. The Morgan fingerprint density at radius 1 is 1.21 bits per heavy atom. The smallest absolute Gasteiger partial charge is 0.337 e. The Kier molecular flexibility index (Phi) is 5.24. The van der Waals surface area contributed by atoms with Crippen LogP contribution in [0.3, 0.4) is 0 Å². The molecule has 0 atom stereocenters. The average molecular weight is 328 g/mol. The van der Waals surface area contributed by atoms with E-state index in [1.165, 1.54) is 31.5 Å². The molecule has 0 spiro atoms. The molecule has 1 aliphatic heterocycles. The molecule has 2 aromatic rings. The first kappa shape index (κ1) is 17.0. The van der Waals surface area contributed by atoms with E-state index in [1.54, 1.807) is 6.07 Å². The number of likely N-dealkylation sites (tertiary alicyclic amines) is 1. The van der Waals surface area contributed by atoms with Gasteiger partial charge in [-0.1, -0.05) is 13.3 Å². The molecule has 1 saturated heterocycles. The molecule has 130 valence electrons. The van der Waals surface area contributed by atoms with Gasteiger partial charge in [0.25, 0.3) is 0 Å². The number of nitrogens with zero attached hydrogens (tertiary/aromatic N) is 2. The predicted octanol–water partition coefficient (Wildman–Crippen LogP) is 4.09. The summed E-state index contributed by atoms with van der Waals surface area (Å²) in [5.74, 6) is -0.828. The summed E-state index contributed by atoms with van der Waals surface area (Å²) in [5.41, 5.74) is 3.65. The van der Waals surface area contributed by atoms with E-state index in [0.29, 0.717) is 5.56 Å². The molecule has 1 fully saturated rings. The van der Waals surface area contributed by atoms with Crippen LogP contribution in [-0.2, 0) is 13.0 Å². The highest BCUT2D eigenvalue weighted by Crippen LogP contribution is 2.28. The lowest BCUT2D eigenvalue weighted by Crippen LogP contribution is -2.21. The highest BCUT2D eigenvalue weighted by molar-refractivity contribution is 6.03. The summed E-state index contributed by atoms with van der Waals surface area (Å²) < 4.78 is 2.17. The van der Waals surface area contributed by atoms with Crippen molar-refractivity contribution in [1.82, 2.24) is 9.47 Å². The third kappa shape index (κ3) is 3.48. The van der Waals surface area contributed by atoms with Gasteiger partial charge in [0.2, 0.25) is 0 Å². The van der Waals surface area contributed by atoms with Crippen molar-refractivity contribution in [1.29, 1.82) is 0 Å². The number of fused-ring (bicyclic) bond motifs is 1. The second kappa shape index (κ2) is 7.39. The van der Waals surface area contributed by atoms with Crippen molar-refractivity contribution in [2.24, 2.45) is 0 Å². The standard InChI is InChI=1S/C20H28N2O2/c1-3-4-10-22-14-16(7-11-21-8-5-6-9-21)17-12-15(2)13-18(19(17)22)20(23)24/h12-14H,3-11H2,1-2H3,(H,23,24).